The van der Waals surface area contributed by atoms with Gasteiger partial charge in [0.2, 0.25) is 5.95 Å². The lowest BCUT2D eigenvalue weighted by Gasteiger charge is -2.20. The van der Waals surface area contributed by atoms with Crippen molar-refractivity contribution in [3.8, 4) is 16.9 Å². The minimum absolute atomic E-state index is 0.0880. The maximum Gasteiger partial charge on any atom is 0.435 e. The molecule has 0 unspecified atom stereocenters. The van der Waals surface area contributed by atoms with Crippen molar-refractivity contribution in [1.82, 2.24) is 34.3 Å². The highest BCUT2D eigenvalue weighted by molar-refractivity contribution is 5.84. The summed E-state index contributed by atoms with van der Waals surface area (Å²) < 4.78 is 50.3. The van der Waals surface area contributed by atoms with Gasteiger partial charge >= 0.3 is 6.18 Å². The Hall–Kier alpha value is -4.78. The van der Waals surface area contributed by atoms with E-state index in [1.165, 1.54) is 13.2 Å². The molecular formula is C29H29F3N8O2. The molecule has 0 spiro atoms. The first kappa shape index (κ1) is 28.7. The standard InChI is InChI=1S/C29H29F3N8O2/c1-38(16-21-14-22(42-3)7-9-33-21)11-8-23-20(18-41)12-19(15-34-28-36-35-26-6-4-5-10-40(26)28)13-24(23)25-17-39(2)37-27(25)29(30,31)32/h4-7,9-10,12-14,17-18H,8,11,15-16H2,1-3H3,(H,34,36). The van der Waals surface area contributed by atoms with Crippen LogP contribution in [-0.2, 0) is 32.7 Å². The molecule has 10 nitrogen and oxygen atoms in total. The molecule has 0 radical (unpaired) electrons. The third kappa shape index (κ3) is 6.25. The van der Waals surface area contributed by atoms with Crippen LogP contribution in [0.3, 0.4) is 0 Å². The number of aryl methyl sites for hydroxylation is 1. The van der Waals surface area contributed by atoms with E-state index in [1.54, 1.807) is 48.2 Å². The zero-order valence-corrected chi connectivity index (χ0v) is 23.3. The molecule has 0 bridgehead atoms. The SMILES string of the molecule is COc1ccnc(CN(C)CCc2c(C=O)cc(CNc3nnc4ccccn34)cc2-c2cn(C)nc2C(F)(F)F)c1. The maximum absolute atomic E-state index is 14.1. The number of ether oxygens (including phenoxy) is 1. The normalized spacial score (nSPS) is 11.8. The van der Waals surface area contributed by atoms with Crippen molar-refractivity contribution in [2.45, 2.75) is 25.7 Å². The Morgan fingerprint density at radius 3 is 2.71 bits per heavy atom. The Kier molecular flexibility index (Phi) is 8.20. The molecule has 0 saturated carbocycles. The molecule has 0 aliphatic heterocycles. The summed E-state index contributed by atoms with van der Waals surface area (Å²) in [6.07, 6.45) is 1.11. The maximum atomic E-state index is 14.1. The van der Waals surface area contributed by atoms with Gasteiger partial charge in [-0.25, -0.2) is 0 Å². The Morgan fingerprint density at radius 2 is 1.95 bits per heavy atom. The average molecular weight is 579 g/mol. The molecule has 5 aromatic rings. The summed E-state index contributed by atoms with van der Waals surface area (Å²) in [6.45, 7) is 1.14. The van der Waals surface area contributed by atoms with Crippen molar-refractivity contribution in [2.75, 3.05) is 26.0 Å². The number of rotatable bonds is 11. The van der Waals surface area contributed by atoms with Crippen LogP contribution in [0.4, 0.5) is 19.1 Å². The van der Waals surface area contributed by atoms with E-state index < -0.39 is 11.9 Å². The van der Waals surface area contributed by atoms with Crippen LogP contribution >= 0.6 is 0 Å². The number of hydrogen-bond donors (Lipinski definition) is 1. The molecular weight excluding hydrogens is 549 g/mol. The zero-order valence-electron chi connectivity index (χ0n) is 23.3. The predicted molar refractivity (Wildman–Crippen MR) is 150 cm³/mol. The fourth-order valence-electron chi connectivity index (χ4n) is 4.85. The molecule has 1 aromatic carbocycles. The number of pyridine rings is 2. The minimum Gasteiger partial charge on any atom is -0.497 e. The minimum atomic E-state index is -4.68. The van der Waals surface area contributed by atoms with E-state index in [4.69, 9.17) is 4.74 Å². The number of methoxy groups -OCH3 is 1. The predicted octanol–water partition coefficient (Wildman–Crippen LogP) is 4.65. The van der Waals surface area contributed by atoms with Crippen LogP contribution in [0.25, 0.3) is 16.8 Å². The molecule has 42 heavy (non-hydrogen) atoms. The zero-order chi connectivity index (χ0) is 29.9. The molecule has 0 atom stereocenters. The molecule has 0 amide bonds. The van der Waals surface area contributed by atoms with Gasteiger partial charge in [-0.15, -0.1) is 10.2 Å². The number of aldehydes is 1. The molecule has 0 aliphatic rings. The van der Waals surface area contributed by atoms with Gasteiger partial charge in [0.25, 0.3) is 0 Å². The van der Waals surface area contributed by atoms with Crippen molar-refractivity contribution in [3.05, 3.63) is 89.1 Å². The molecule has 4 aromatic heterocycles. The van der Waals surface area contributed by atoms with Gasteiger partial charge in [0.05, 0.1) is 12.8 Å². The average Bonchev–Trinajstić information content (AvgIpc) is 3.58. The van der Waals surface area contributed by atoms with E-state index in [2.05, 4.69) is 25.6 Å². The van der Waals surface area contributed by atoms with Crippen molar-refractivity contribution < 1.29 is 22.7 Å². The van der Waals surface area contributed by atoms with Crippen LogP contribution in [0.1, 0.15) is 32.9 Å². The summed E-state index contributed by atoms with van der Waals surface area (Å²) in [6, 6.07) is 12.4. The van der Waals surface area contributed by atoms with Crippen LogP contribution < -0.4 is 10.1 Å². The number of benzene rings is 1. The Labute approximate surface area is 239 Å². The van der Waals surface area contributed by atoms with Crippen LogP contribution in [0.5, 0.6) is 5.75 Å². The van der Waals surface area contributed by atoms with Crippen LogP contribution in [0.15, 0.2) is 61.1 Å². The number of likely N-dealkylation sites (N-methyl/N-ethyl adjacent to an activating group) is 1. The van der Waals surface area contributed by atoms with Gasteiger partial charge in [0, 0.05) is 62.5 Å². The summed E-state index contributed by atoms with van der Waals surface area (Å²) >= 11 is 0. The van der Waals surface area contributed by atoms with Crippen molar-refractivity contribution >= 4 is 17.9 Å². The number of fused-ring (bicyclic) bond motifs is 1. The van der Waals surface area contributed by atoms with Gasteiger partial charge in [0.1, 0.15) is 12.0 Å². The number of halogens is 3. The highest BCUT2D eigenvalue weighted by Gasteiger charge is 2.38. The first-order chi connectivity index (χ1) is 20.2. The fourth-order valence-corrected chi connectivity index (χ4v) is 4.85. The van der Waals surface area contributed by atoms with Gasteiger partial charge in [-0.1, -0.05) is 6.07 Å². The van der Waals surface area contributed by atoms with E-state index in [0.29, 0.717) is 65.4 Å². The number of nitrogens with zero attached hydrogens (tertiary/aromatic N) is 7. The molecule has 0 saturated heterocycles. The number of nitrogens with one attached hydrogen (secondary N) is 1. The van der Waals surface area contributed by atoms with E-state index >= 15 is 0 Å². The summed E-state index contributed by atoms with van der Waals surface area (Å²) in [5.74, 6) is 1.15. The molecule has 5 rings (SSSR count). The smallest absolute Gasteiger partial charge is 0.435 e. The second-order valence-electron chi connectivity index (χ2n) is 9.87. The van der Waals surface area contributed by atoms with Gasteiger partial charge in [-0.2, -0.15) is 18.3 Å². The van der Waals surface area contributed by atoms with Gasteiger partial charge in [-0.3, -0.25) is 18.9 Å². The molecule has 0 aliphatic carbocycles. The summed E-state index contributed by atoms with van der Waals surface area (Å²) in [5.41, 5.74) is 2.04. The lowest BCUT2D eigenvalue weighted by Crippen LogP contribution is -2.22. The molecule has 218 valence electrons. The van der Waals surface area contributed by atoms with Crippen LogP contribution in [-0.4, -0.2) is 61.3 Å². The highest BCUT2D eigenvalue weighted by Crippen LogP contribution is 2.38. The molecule has 0 fully saturated rings. The molecule has 13 heteroatoms. The Balaban J connectivity index is 1.48. The number of aromatic nitrogens is 6. The van der Waals surface area contributed by atoms with Crippen molar-refractivity contribution in [3.63, 3.8) is 0 Å². The third-order valence-corrected chi connectivity index (χ3v) is 6.82. The van der Waals surface area contributed by atoms with Gasteiger partial charge < -0.3 is 15.0 Å². The van der Waals surface area contributed by atoms with Crippen molar-refractivity contribution in [2.24, 2.45) is 7.05 Å². The second kappa shape index (κ2) is 12.0. The van der Waals surface area contributed by atoms with Gasteiger partial charge in [-0.05, 0) is 60.5 Å². The first-order valence-electron chi connectivity index (χ1n) is 13.1. The lowest BCUT2D eigenvalue weighted by molar-refractivity contribution is -0.140. The van der Waals surface area contributed by atoms with Crippen molar-refractivity contribution in [1.29, 1.82) is 0 Å². The van der Waals surface area contributed by atoms with Crippen LogP contribution in [0, 0.1) is 0 Å². The summed E-state index contributed by atoms with van der Waals surface area (Å²) in [4.78, 5) is 18.7. The van der Waals surface area contributed by atoms with E-state index in [0.717, 1.165) is 10.4 Å². The number of alkyl halides is 3. The number of anilines is 1. The Morgan fingerprint density at radius 1 is 1.12 bits per heavy atom. The quantitative estimate of drug-likeness (QED) is 0.226. The lowest BCUT2D eigenvalue weighted by atomic mass is 9.91. The fraction of sp³-hybridized carbons (Fsp3) is 0.276. The summed E-state index contributed by atoms with van der Waals surface area (Å²) in [5, 5.41) is 15.1. The van der Waals surface area contributed by atoms with Gasteiger partial charge in [0.15, 0.2) is 11.3 Å². The van der Waals surface area contributed by atoms with E-state index in [9.17, 15) is 18.0 Å². The molecule has 1 N–H and O–H groups in total. The number of hydrogen-bond acceptors (Lipinski definition) is 8. The molecule has 4 heterocycles. The number of carbonyl (C=O) groups excluding carboxylic acids is 1. The largest absolute Gasteiger partial charge is 0.497 e. The topological polar surface area (TPSA) is 102 Å². The van der Waals surface area contributed by atoms with E-state index in [1.807, 2.05) is 30.1 Å². The first-order valence-corrected chi connectivity index (χ1v) is 13.1. The van der Waals surface area contributed by atoms with E-state index in [-0.39, 0.29) is 12.1 Å². The second-order valence-corrected chi connectivity index (χ2v) is 9.87. The number of carbonyl (C=O) groups is 1. The van der Waals surface area contributed by atoms with Crippen LogP contribution in [0.2, 0.25) is 0 Å². The summed E-state index contributed by atoms with van der Waals surface area (Å²) in [7, 11) is 4.90. The third-order valence-electron chi connectivity index (χ3n) is 6.82. The highest BCUT2D eigenvalue weighted by atomic mass is 19.4. The monoisotopic (exact) mass is 578 g/mol. The Bertz CT molecular complexity index is 1710.